The van der Waals surface area contributed by atoms with Crippen LogP contribution in [0.4, 0.5) is 0 Å². The first kappa shape index (κ1) is 10.8. The van der Waals surface area contributed by atoms with Gasteiger partial charge in [0.25, 0.3) is 0 Å². The summed E-state index contributed by atoms with van der Waals surface area (Å²) in [6, 6.07) is 8.15. The predicted octanol–water partition coefficient (Wildman–Crippen LogP) is 3.40. The Balaban J connectivity index is 2.48. The molecule has 2 aromatic heterocycles. The van der Waals surface area contributed by atoms with E-state index >= 15 is 0 Å². The third-order valence-electron chi connectivity index (χ3n) is 2.53. The molecule has 0 aliphatic rings. The Bertz CT molecular complexity index is 463. The molecule has 0 amide bonds. The molecule has 2 rings (SSSR count). The fourth-order valence-corrected chi connectivity index (χ4v) is 1.82. The van der Waals surface area contributed by atoms with Gasteiger partial charge >= 0.3 is 0 Å². The van der Waals surface area contributed by atoms with Crippen molar-refractivity contribution in [2.45, 2.75) is 26.7 Å². The molecule has 0 aromatic carbocycles. The van der Waals surface area contributed by atoms with Gasteiger partial charge in [-0.1, -0.05) is 25.5 Å². The summed E-state index contributed by atoms with van der Waals surface area (Å²) < 4.78 is 0. The van der Waals surface area contributed by atoms with Crippen LogP contribution in [0.3, 0.4) is 0 Å². The molecule has 0 spiro atoms. The van der Waals surface area contributed by atoms with Crippen LogP contribution in [-0.2, 0) is 6.42 Å². The third kappa shape index (κ3) is 2.27. The lowest BCUT2D eigenvalue weighted by Crippen LogP contribution is -1.95. The van der Waals surface area contributed by atoms with Crippen LogP contribution in [0.15, 0.2) is 36.7 Å². The summed E-state index contributed by atoms with van der Waals surface area (Å²) in [4.78, 5) is 8.86. The van der Waals surface area contributed by atoms with Gasteiger partial charge in [0, 0.05) is 12.4 Å². The topological polar surface area (TPSA) is 25.8 Å². The highest BCUT2D eigenvalue weighted by Gasteiger charge is 2.06. The van der Waals surface area contributed by atoms with Crippen molar-refractivity contribution >= 4 is 0 Å². The molecule has 0 fully saturated rings. The van der Waals surface area contributed by atoms with Crippen molar-refractivity contribution < 1.29 is 0 Å². The van der Waals surface area contributed by atoms with Crippen LogP contribution < -0.4 is 0 Å². The number of pyridine rings is 2. The van der Waals surface area contributed by atoms with Gasteiger partial charge in [-0.25, -0.2) is 0 Å². The summed E-state index contributed by atoms with van der Waals surface area (Å²) in [5.74, 6) is 0. The maximum Gasteiger partial charge on any atom is 0.0918 e. The molecule has 16 heavy (non-hydrogen) atoms. The monoisotopic (exact) mass is 212 g/mol. The first-order valence-corrected chi connectivity index (χ1v) is 5.68. The van der Waals surface area contributed by atoms with Gasteiger partial charge < -0.3 is 0 Å². The number of aryl methyl sites for hydroxylation is 2. The van der Waals surface area contributed by atoms with Crippen molar-refractivity contribution in [2.75, 3.05) is 0 Å². The summed E-state index contributed by atoms with van der Waals surface area (Å²) in [6.45, 7) is 4.26. The summed E-state index contributed by atoms with van der Waals surface area (Å²) in [5.41, 5.74) is 4.49. The second-order valence-electron chi connectivity index (χ2n) is 3.99. The lowest BCUT2D eigenvalue weighted by Gasteiger charge is -2.07. The SMILES string of the molecule is CCCc1cc(C)cnc1-c1ccccn1. The largest absolute Gasteiger partial charge is 0.255 e. The zero-order valence-corrected chi connectivity index (χ0v) is 9.77. The molecule has 2 heterocycles. The van der Waals surface area contributed by atoms with Crippen molar-refractivity contribution in [3.63, 3.8) is 0 Å². The van der Waals surface area contributed by atoms with E-state index in [1.807, 2.05) is 30.6 Å². The van der Waals surface area contributed by atoms with Gasteiger partial charge in [0.2, 0.25) is 0 Å². The average molecular weight is 212 g/mol. The molecule has 0 N–H and O–H groups in total. The van der Waals surface area contributed by atoms with Crippen LogP contribution in [-0.4, -0.2) is 9.97 Å². The molecule has 2 nitrogen and oxygen atoms in total. The summed E-state index contributed by atoms with van der Waals surface area (Å²) in [7, 11) is 0. The van der Waals surface area contributed by atoms with Crippen molar-refractivity contribution in [3.05, 3.63) is 47.8 Å². The van der Waals surface area contributed by atoms with Gasteiger partial charge in [-0.05, 0) is 36.6 Å². The Kier molecular flexibility index (Phi) is 3.30. The Morgan fingerprint density at radius 1 is 1.19 bits per heavy atom. The summed E-state index contributed by atoms with van der Waals surface area (Å²) in [5, 5.41) is 0. The van der Waals surface area contributed by atoms with Gasteiger partial charge in [0.15, 0.2) is 0 Å². The maximum absolute atomic E-state index is 4.50. The number of rotatable bonds is 3. The molecule has 0 aliphatic heterocycles. The van der Waals surface area contributed by atoms with E-state index in [0.29, 0.717) is 0 Å². The van der Waals surface area contributed by atoms with Crippen LogP contribution in [0, 0.1) is 6.92 Å². The van der Waals surface area contributed by atoms with Gasteiger partial charge in [0.05, 0.1) is 11.4 Å². The highest BCUT2D eigenvalue weighted by atomic mass is 14.8. The fraction of sp³-hybridized carbons (Fsp3) is 0.286. The average Bonchev–Trinajstić information content (AvgIpc) is 2.31. The minimum Gasteiger partial charge on any atom is -0.255 e. The van der Waals surface area contributed by atoms with Crippen molar-refractivity contribution in [3.8, 4) is 11.4 Å². The van der Waals surface area contributed by atoms with E-state index in [-0.39, 0.29) is 0 Å². The molecule has 0 aliphatic carbocycles. The second-order valence-corrected chi connectivity index (χ2v) is 3.99. The van der Waals surface area contributed by atoms with E-state index < -0.39 is 0 Å². The number of aromatic nitrogens is 2. The van der Waals surface area contributed by atoms with Gasteiger partial charge in [-0.3, -0.25) is 9.97 Å². The van der Waals surface area contributed by atoms with Crippen LogP contribution in [0.5, 0.6) is 0 Å². The lowest BCUT2D eigenvalue weighted by atomic mass is 10.0. The lowest BCUT2D eigenvalue weighted by molar-refractivity contribution is 0.912. The van der Waals surface area contributed by atoms with Gasteiger partial charge in [-0.2, -0.15) is 0 Å². The first-order chi connectivity index (χ1) is 7.81. The fourth-order valence-electron chi connectivity index (χ4n) is 1.82. The minimum atomic E-state index is 0.964. The zero-order valence-electron chi connectivity index (χ0n) is 9.77. The number of nitrogens with zero attached hydrogens (tertiary/aromatic N) is 2. The zero-order chi connectivity index (χ0) is 11.4. The number of hydrogen-bond donors (Lipinski definition) is 0. The molecule has 0 saturated carbocycles. The molecular formula is C14H16N2. The molecule has 0 saturated heterocycles. The molecule has 0 radical (unpaired) electrons. The Morgan fingerprint density at radius 2 is 2.06 bits per heavy atom. The van der Waals surface area contributed by atoms with Crippen LogP contribution in [0.2, 0.25) is 0 Å². The molecule has 0 atom stereocenters. The van der Waals surface area contributed by atoms with Crippen molar-refractivity contribution in [2.24, 2.45) is 0 Å². The van der Waals surface area contributed by atoms with Crippen molar-refractivity contribution in [1.29, 1.82) is 0 Å². The van der Waals surface area contributed by atoms with Crippen LogP contribution >= 0.6 is 0 Å². The first-order valence-electron chi connectivity index (χ1n) is 5.68. The minimum absolute atomic E-state index is 0.964. The van der Waals surface area contributed by atoms with E-state index in [2.05, 4.69) is 29.9 Å². The Hall–Kier alpha value is -1.70. The van der Waals surface area contributed by atoms with E-state index in [1.54, 1.807) is 0 Å². The summed E-state index contributed by atoms with van der Waals surface area (Å²) in [6.07, 6.45) is 5.90. The Morgan fingerprint density at radius 3 is 2.75 bits per heavy atom. The highest BCUT2D eigenvalue weighted by Crippen LogP contribution is 2.21. The van der Waals surface area contributed by atoms with E-state index in [1.165, 1.54) is 11.1 Å². The molecule has 0 unspecified atom stereocenters. The predicted molar refractivity (Wildman–Crippen MR) is 66.2 cm³/mol. The smallest absolute Gasteiger partial charge is 0.0918 e. The van der Waals surface area contributed by atoms with Gasteiger partial charge in [0.1, 0.15) is 0 Å². The maximum atomic E-state index is 4.50. The molecule has 82 valence electrons. The summed E-state index contributed by atoms with van der Waals surface area (Å²) >= 11 is 0. The standard InChI is InChI=1S/C14H16N2/c1-3-6-12-9-11(2)10-16-14(12)13-7-4-5-8-15-13/h4-5,7-10H,3,6H2,1-2H3. The molecule has 2 aromatic rings. The molecule has 0 bridgehead atoms. The second kappa shape index (κ2) is 4.88. The van der Waals surface area contributed by atoms with Crippen molar-refractivity contribution in [1.82, 2.24) is 9.97 Å². The van der Waals surface area contributed by atoms with Crippen LogP contribution in [0.1, 0.15) is 24.5 Å². The van der Waals surface area contributed by atoms with Crippen LogP contribution in [0.25, 0.3) is 11.4 Å². The normalized spacial score (nSPS) is 10.4. The van der Waals surface area contributed by atoms with E-state index in [9.17, 15) is 0 Å². The van der Waals surface area contributed by atoms with Gasteiger partial charge in [-0.15, -0.1) is 0 Å². The Labute approximate surface area is 96.4 Å². The third-order valence-corrected chi connectivity index (χ3v) is 2.53. The van der Waals surface area contributed by atoms with E-state index in [4.69, 9.17) is 0 Å². The highest BCUT2D eigenvalue weighted by molar-refractivity contribution is 5.58. The number of hydrogen-bond acceptors (Lipinski definition) is 2. The molecule has 2 heteroatoms. The quantitative estimate of drug-likeness (QED) is 0.779. The van der Waals surface area contributed by atoms with E-state index in [0.717, 1.165) is 24.2 Å². The molecular weight excluding hydrogens is 196 g/mol.